The lowest BCUT2D eigenvalue weighted by atomic mass is 10.0. The topological polar surface area (TPSA) is 125 Å². The standard InChI is InChI=1S/C20H30FN3O4/c1-13-8-10-17(20(21)16(13)6-4-3-5-7-18(22)26)28-12-15(24-14(2)25)9-11-19(23)27/h8,10,15H,3-7,9,11-12H2,1-2H3,(H2,22,26)(H2,23,27)(H,24,25)/t15-/m0/s1. The van der Waals surface area contributed by atoms with E-state index in [9.17, 15) is 18.8 Å². The van der Waals surface area contributed by atoms with E-state index >= 15 is 0 Å². The van der Waals surface area contributed by atoms with E-state index in [1.54, 1.807) is 12.1 Å². The van der Waals surface area contributed by atoms with Gasteiger partial charge in [-0.25, -0.2) is 4.39 Å². The van der Waals surface area contributed by atoms with E-state index in [4.69, 9.17) is 16.2 Å². The van der Waals surface area contributed by atoms with Crippen LogP contribution in [-0.4, -0.2) is 30.4 Å². The Morgan fingerprint density at radius 3 is 2.39 bits per heavy atom. The molecule has 0 unspecified atom stereocenters. The number of nitrogens with two attached hydrogens (primary N) is 2. The first kappa shape index (κ1) is 23.4. The van der Waals surface area contributed by atoms with Crippen molar-refractivity contribution >= 4 is 17.7 Å². The second-order valence-electron chi connectivity index (χ2n) is 6.91. The van der Waals surface area contributed by atoms with Gasteiger partial charge in [0, 0.05) is 19.8 Å². The van der Waals surface area contributed by atoms with Gasteiger partial charge in [-0.1, -0.05) is 12.5 Å². The van der Waals surface area contributed by atoms with Gasteiger partial charge in [0.05, 0.1) is 6.04 Å². The minimum atomic E-state index is -0.476. The molecular weight excluding hydrogens is 365 g/mol. The summed E-state index contributed by atoms with van der Waals surface area (Å²) < 4.78 is 20.4. The van der Waals surface area contributed by atoms with Gasteiger partial charge in [0.15, 0.2) is 11.6 Å². The monoisotopic (exact) mass is 395 g/mol. The van der Waals surface area contributed by atoms with E-state index in [1.807, 2.05) is 6.92 Å². The number of unbranched alkanes of at least 4 members (excludes halogenated alkanes) is 2. The molecule has 1 atom stereocenters. The van der Waals surface area contributed by atoms with Crippen molar-refractivity contribution in [1.29, 1.82) is 0 Å². The number of benzene rings is 1. The number of carbonyl (C=O) groups is 3. The largest absolute Gasteiger partial charge is 0.488 e. The van der Waals surface area contributed by atoms with Crippen molar-refractivity contribution in [2.75, 3.05) is 6.61 Å². The van der Waals surface area contributed by atoms with Crippen LogP contribution in [0.4, 0.5) is 4.39 Å². The molecule has 1 rings (SSSR count). The van der Waals surface area contributed by atoms with Gasteiger partial charge in [0.2, 0.25) is 17.7 Å². The summed E-state index contributed by atoms with van der Waals surface area (Å²) in [4.78, 5) is 33.0. The highest BCUT2D eigenvalue weighted by molar-refractivity contribution is 5.75. The van der Waals surface area contributed by atoms with Crippen molar-refractivity contribution < 1.29 is 23.5 Å². The number of nitrogens with one attached hydrogen (secondary N) is 1. The van der Waals surface area contributed by atoms with Gasteiger partial charge in [-0.3, -0.25) is 14.4 Å². The summed E-state index contributed by atoms with van der Waals surface area (Å²) in [7, 11) is 0. The Morgan fingerprint density at radius 1 is 1.11 bits per heavy atom. The van der Waals surface area contributed by atoms with Crippen molar-refractivity contribution in [1.82, 2.24) is 5.32 Å². The Hall–Kier alpha value is -2.64. The third-order valence-corrected chi connectivity index (χ3v) is 4.38. The quantitative estimate of drug-likeness (QED) is 0.441. The second kappa shape index (κ2) is 11.9. The molecule has 0 saturated carbocycles. The number of primary amides is 2. The number of carbonyl (C=O) groups excluding carboxylic acids is 3. The molecule has 0 fully saturated rings. The Balaban J connectivity index is 2.70. The summed E-state index contributed by atoms with van der Waals surface area (Å²) in [6.45, 7) is 3.23. The van der Waals surface area contributed by atoms with E-state index in [1.165, 1.54) is 6.92 Å². The Morgan fingerprint density at radius 2 is 1.79 bits per heavy atom. The minimum Gasteiger partial charge on any atom is -0.488 e. The minimum absolute atomic E-state index is 0.0326. The number of ether oxygens (including phenoxy) is 1. The van der Waals surface area contributed by atoms with Crippen molar-refractivity contribution in [3.63, 3.8) is 0 Å². The third kappa shape index (κ3) is 8.83. The SMILES string of the molecule is CC(=O)N[C@@H](CCC(N)=O)COc1ccc(C)c(CCCCCC(N)=O)c1F. The molecule has 5 N–H and O–H groups in total. The zero-order chi connectivity index (χ0) is 21.1. The van der Waals surface area contributed by atoms with E-state index in [-0.39, 0.29) is 30.6 Å². The third-order valence-electron chi connectivity index (χ3n) is 4.38. The van der Waals surface area contributed by atoms with Crippen LogP contribution in [0.1, 0.15) is 56.6 Å². The van der Waals surface area contributed by atoms with Crippen molar-refractivity contribution in [2.24, 2.45) is 11.5 Å². The number of rotatable bonds is 13. The first-order valence-corrected chi connectivity index (χ1v) is 9.45. The van der Waals surface area contributed by atoms with Crippen LogP contribution >= 0.6 is 0 Å². The van der Waals surface area contributed by atoms with Gasteiger partial charge >= 0.3 is 0 Å². The first-order chi connectivity index (χ1) is 13.2. The molecule has 7 nitrogen and oxygen atoms in total. The van der Waals surface area contributed by atoms with Crippen LogP contribution in [0.25, 0.3) is 0 Å². The molecule has 156 valence electrons. The van der Waals surface area contributed by atoms with Crippen LogP contribution in [-0.2, 0) is 20.8 Å². The Kier molecular flexibility index (Phi) is 9.98. The molecule has 0 spiro atoms. The maximum atomic E-state index is 14.8. The molecule has 0 heterocycles. The molecule has 1 aromatic carbocycles. The molecule has 0 aliphatic carbocycles. The van der Waals surface area contributed by atoms with E-state index in [0.717, 1.165) is 18.4 Å². The molecule has 1 aromatic rings. The molecule has 0 aliphatic heterocycles. The van der Waals surface area contributed by atoms with Gasteiger partial charge in [-0.15, -0.1) is 0 Å². The van der Waals surface area contributed by atoms with E-state index in [0.29, 0.717) is 31.2 Å². The fraction of sp³-hybridized carbons (Fsp3) is 0.550. The smallest absolute Gasteiger partial charge is 0.217 e. The highest BCUT2D eigenvalue weighted by atomic mass is 19.1. The highest BCUT2D eigenvalue weighted by Gasteiger charge is 2.16. The summed E-state index contributed by atoms with van der Waals surface area (Å²) in [5.74, 6) is -1.39. The van der Waals surface area contributed by atoms with Gasteiger partial charge < -0.3 is 21.5 Å². The van der Waals surface area contributed by atoms with Crippen LogP contribution < -0.4 is 21.5 Å². The number of hydrogen-bond acceptors (Lipinski definition) is 4. The average molecular weight is 395 g/mol. The van der Waals surface area contributed by atoms with E-state index < -0.39 is 17.8 Å². The molecular formula is C20H30FN3O4. The predicted octanol–water partition coefficient (Wildman–Crippen LogP) is 1.87. The zero-order valence-electron chi connectivity index (χ0n) is 16.6. The van der Waals surface area contributed by atoms with Crippen LogP contribution in [0.3, 0.4) is 0 Å². The van der Waals surface area contributed by atoms with Crippen LogP contribution in [0.2, 0.25) is 0 Å². The normalized spacial score (nSPS) is 11.7. The number of aryl methyl sites for hydroxylation is 1. The maximum Gasteiger partial charge on any atom is 0.217 e. The molecule has 0 bridgehead atoms. The molecule has 3 amide bonds. The molecule has 0 radical (unpaired) electrons. The molecule has 0 aromatic heterocycles. The average Bonchev–Trinajstić information content (AvgIpc) is 2.60. The molecule has 8 heteroatoms. The van der Waals surface area contributed by atoms with Gasteiger partial charge in [0.25, 0.3) is 0 Å². The first-order valence-electron chi connectivity index (χ1n) is 9.45. The maximum absolute atomic E-state index is 14.8. The lowest BCUT2D eigenvalue weighted by Crippen LogP contribution is -2.38. The van der Waals surface area contributed by atoms with Crippen LogP contribution in [0.15, 0.2) is 12.1 Å². The summed E-state index contributed by atoms with van der Waals surface area (Å²) in [5.41, 5.74) is 11.7. The predicted molar refractivity (Wildman–Crippen MR) is 104 cm³/mol. The summed E-state index contributed by atoms with van der Waals surface area (Å²) >= 11 is 0. The number of amides is 3. The molecule has 0 saturated heterocycles. The summed E-state index contributed by atoms with van der Waals surface area (Å²) in [6.07, 6.45) is 3.48. The Bertz CT molecular complexity index is 694. The van der Waals surface area contributed by atoms with E-state index in [2.05, 4.69) is 5.32 Å². The number of halogens is 1. The van der Waals surface area contributed by atoms with Gasteiger partial charge in [0.1, 0.15) is 6.61 Å². The fourth-order valence-electron chi connectivity index (χ4n) is 2.88. The molecule has 0 aliphatic rings. The molecule has 28 heavy (non-hydrogen) atoms. The fourth-order valence-corrected chi connectivity index (χ4v) is 2.88. The Labute approximate surface area is 165 Å². The number of hydrogen-bond donors (Lipinski definition) is 3. The highest BCUT2D eigenvalue weighted by Crippen LogP contribution is 2.25. The summed E-state index contributed by atoms with van der Waals surface area (Å²) in [6, 6.07) is 2.90. The lowest BCUT2D eigenvalue weighted by Gasteiger charge is -2.19. The van der Waals surface area contributed by atoms with Crippen molar-refractivity contribution in [3.05, 3.63) is 29.1 Å². The van der Waals surface area contributed by atoms with Crippen molar-refractivity contribution in [2.45, 2.75) is 64.8 Å². The zero-order valence-corrected chi connectivity index (χ0v) is 16.6. The van der Waals surface area contributed by atoms with Crippen LogP contribution in [0, 0.1) is 12.7 Å². The lowest BCUT2D eigenvalue weighted by molar-refractivity contribution is -0.121. The van der Waals surface area contributed by atoms with Crippen molar-refractivity contribution in [3.8, 4) is 5.75 Å². The summed E-state index contributed by atoms with van der Waals surface area (Å²) in [5, 5.41) is 2.68. The second-order valence-corrected chi connectivity index (χ2v) is 6.91. The van der Waals surface area contributed by atoms with Gasteiger partial charge in [-0.2, -0.15) is 0 Å². The van der Waals surface area contributed by atoms with Crippen LogP contribution in [0.5, 0.6) is 5.75 Å². The van der Waals surface area contributed by atoms with Gasteiger partial charge in [-0.05, 0) is 49.8 Å².